The van der Waals surface area contributed by atoms with E-state index in [1.54, 1.807) is 20.8 Å². The Labute approximate surface area is 143 Å². The number of benzene rings is 1. The molecule has 1 aromatic rings. The fourth-order valence-electron chi connectivity index (χ4n) is 2.02. The summed E-state index contributed by atoms with van der Waals surface area (Å²) in [4.78, 5) is 24.2. The largest absolute Gasteiger partial charge is 0.458 e. The molecule has 0 fully saturated rings. The molecule has 0 saturated heterocycles. The van der Waals surface area contributed by atoms with Crippen molar-refractivity contribution in [2.75, 3.05) is 6.54 Å². The van der Waals surface area contributed by atoms with Gasteiger partial charge in [0.1, 0.15) is 18.2 Å². The molecule has 0 radical (unpaired) electrons. The Kier molecular flexibility index (Phi) is 8.26. The maximum atomic E-state index is 12.2. The summed E-state index contributed by atoms with van der Waals surface area (Å²) in [7, 11) is 0. The highest BCUT2D eigenvalue weighted by atomic mass is 16.6. The van der Waals surface area contributed by atoms with E-state index in [4.69, 9.17) is 15.2 Å². The van der Waals surface area contributed by atoms with E-state index in [-0.39, 0.29) is 6.61 Å². The molecule has 24 heavy (non-hydrogen) atoms. The third-order valence-corrected chi connectivity index (χ3v) is 3.14. The van der Waals surface area contributed by atoms with Gasteiger partial charge in [-0.2, -0.15) is 0 Å². The number of esters is 1. The zero-order chi connectivity index (χ0) is 18.0. The Morgan fingerprint density at radius 1 is 1.17 bits per heavy atom. The van der Waals surface area contributed by atoms with Gasteiger partial charge in [0, 0.05) is 0 Å². The second-order valence-electron chi connectivity index (χ2n) is 6.58. The Morgan fingerprint density at radius 2 is 1.83 bits per heavy atom. The number of carbonyl (C=O) groups is 2. The fraction of sp³-hybridized carbons (Fsp3) is 0.556. The van der Waals surface area contributed by atoms with Gasteiger partial charge >= 0.3 is 12.1 Å². The number of nitrogens with two attached hydrogens (primary N) is 1. The molecule has 3 N–H and O–H groups in total. The fourth-order valence-corrected chi connectivity index (χ4v) is 2.02. The van der Waals surface area contributed by atoms with Gasteiger partial charge in [0.05, 0.1) is 0 Å². The van der Waals surface area contributed by atoms with Gasteiger partial charge in [-0.1, -0.05) is 30.3 Å². The first-order chi connectivity index (χ1) is 11.3. The molecule has 0 aliphatic heterocycles. The normalized spacial score (nSPS) is 12.3. The highest BCUT2D eigenvalue weighted by molar-refractivity contribution is 5.81. The van der Waals surface area contributed by atoms with Crippen LogP contribution in [0.4, 0.5) is 4.79 Å². The van der Waals surface area contributed by atoms with Gasteiger partial charge in [0.25, 0.3) is 0 Å². The maximum Gasteiger partial charge on any atom is 0.408 e. The quantitative estimate of drug-likeness (QED) is 0.563. The zero-order valence-corrected chi connectivity index (χ0v) is 14.7. The second-order valence-corrected chi connectivity index (χ2v) is 6.58. The average Bonchev–Trinajstić information content (AvgIpc) is 2.51. The molecular weight excluding hydrogens is 308 g/mol. The van der Waals surface area contributed by atoms with Crippen LogP contribution in [0.3, 0.4) is 0 Å². The third-order valence-electron chi connectivity index (χ3n) is 3.14. The SMILES string of the molecule is CC(C)(C)OC(=O)[C@H](CCCCN)NC(=O)OCc1ccccc1. The van der Waals surface area contributed by atoms with E-state index in [2.05, 4.69) is 5.32 Å². The summed E-state index contributed by atoms with van der Waals surface area (Å²) in [6.45, 7) is 6.05. The van der Waals surface area contributed by atoms with E-state index in [1.807, 2.05) is 30.3 Å². The van der Waals surface area contributed by atoms with Crippen molar-refractivity contribution >= 4 is 12.1 Å². The number of hydrogen-bond acceptors (Lipinski definition) is 5. The van der Waals surface area contributed by atoms with Crippen LogP contribution < -0.4 is 11.1 Å². The molecular formula is C18H28N2O4. The maximum absolute atomic E-state index is 12.2. The van der Waals surface area contributed by atoms with Crippen LogP contribution in [-0.2, 0) is 20.9 Å². The standard InChI is InChI=1S/C18H28N2O4/c1-18(2,3)24-16(21)15(11-7-8-12-19)20-17(22)23-13-14-9-5-4-6-10-14/h4-6,9-10,15H,7-8,11-13,19H2,1-3H3,(H,20,22)/t15-/m0/s1. The van der Waals surface area contributed by atoms with E-state index >= 15 is 0 Å². The lowest BCUT2D eigenvalue weighted by Gasteiger charge is -2.24. The van der Waals surface area contributed by atoms with Crippen LogP contribution in [-0.4, -0.2) is 30.3 Å². The molecule has 1 amide bonds. The molecule has 6 heteroatoms. The van der Waals surface area contributed by atoms with E-state index in [9.17, 15) is 9.59 Å². The molecule has 0 aliphatic carbocycles. The van der Waals surface area contributed by atoms with Gasteiger partial charge in [-0.15, -0.1) is 0 Å². The van der Waals surface area contributed by atoms with Crippen LogP contribution in [0.25, 0.3) is 0 Å². The molecule has 1 rings (SSSR count). The topological polar surface area (TPSA) is 90.6 Å². The molecule has 6 nitrogen and oxygen atoms in total. The molecule has 0 aromatic heterocycles. The number of unbranched alkanes of at least 4 members (excludes halogenated alkanes) is 1. The lowest BCUT2D eigenvalue weighted by Crippen LogP contribution is -2.44. The summed E-state index contributed by atoms with van der Waals surface area (Å²) in [6.07, 6.45) is 1.33. The highest BCUT2D eigenvalue weighted by Crippen LogP contribution is 2.12. The monoisotopic (exact) mass is 336 g/mol. The molecule has 0 aliphatic rings. The van der Waals surface area contributed by atoms with Crippen molar-refractivity contribution in [2.45, 2.75) is 58.3 Å². The number of rotatable bonds is 8. The predicted octanol–water partition coefficient (Wildman–Crippen LogP) is 2.75. The van der Waals surface area contributed by atoms with Crippen LogP contribution in [0.15, 0.2) is 30.3 Å². The number of alkyl carbamates (subject to hydrolysis) is 1. The summed E-state index contributed by atoms with van der Waals surface area (Å²) in [6, 6.07) is 8.61. The van der Waals surface area contributed by atoms with Crippen molar-refractivity contribution in [3.8, 4) is 0 Å². The number of amides is 1. The number of hydrogen-bond donors (Lipinski definition) is 2. The van der Waals surface area contributed by atoms with Gasteiger partial charge in [-0.05, 0) is 52.1 Å². The van der Waals surface area contributed by atoms with Crippen LogP contribution >= 0.6 is 0 Å². The van der Waals surface area contributed by atoms with E-state index in [0.29, 0.717) is 13.0 Å². The van der Waals surface area contributed by atoms with Crippen molar-refractivity contribution < 1.29 is 19.1 Å². The van der Waals surface area contributed by atoms with Crippen LogP contribution in [0.2, 0.25) is 0 Å². The molecule has 0 bridgehead atoms. The Hall–Kier alpha value is -2.08. The van der Waals surface area contributed by atoms with E-state index in [1.165, 1.54) is 0 Å². The van der Waals surface area contributed by atoms with Crippen LogP contribution in [0.5, 0.6) is 0 Å². The van der Waals surface area contributed by atoms with Crippen molar-refractivity contribution in [2.24, 2.45) is 5.73 Å². The lowest BCUT2D eigenvalue weighted by molar-refractivity contribution is -0.157. The van der Waals surface area contributed by atoms with Crippen molar-refractivity contribution in [3.05, 3.63) is 35.9 Å². The zero-order valence-electron chi connectivity index (χ0n) is 14.7. The average molecular weight is 336 g/mol. The summed E-state index contributed by atoms with van der Waals surface area (Å²) in [5.74, 6) is -0.462. The number of ether oxygens (including phenoxy) is 2. The molecule has 0 unspecified atom stereocenters. The first kappa shape index (κ1) is 20.0. The van der Waals surface area contributed by atoms with Gasteiger partial charge in [0.2, 0.25) is 0 Å². The minimum absolute atomic E-state index is 0.149. The minimum Gasteiger partial charge on any atom is -0.458 e. The lowest BCUT2D eigenvalue weighted by atomic mass is 10.1. The number of carbonyl (C=O) groups excluding carboxylic acids is 2. The molecule has 1 aromatic carbocycles. The second kappa shape index (κ2) is 9.93. The molecule has 1 atom stereocenters. The van der Waals surface area contributed by atoms with E-state index < -0.39 is 23.7 Å². The van der Waals surface area contributed by atoms with Crippen molar-refractivity contribution in [3.63, 3.8) is 0 Å². The first-order valence-corrected chi connectivity index (χ1v) is 8.22. The Bertz CT molecular complexity index is 512. The van der Waals surface area contributed by atoms with Gasteiger partial charge in [0.15, 0.2) is 0 Å². The van der Waals surface area contributed by atoms with Crippen molar-refractivity contribution in [1.82, 2.24) is 5.32 Å². The minimum atomic E-state index is -0.737. The molecule has 0 spiro atoms. The molecule has 0 saturated carbocycles. The summed E-state index contributed by atoms with van der Waals surface area (Å²) >= 11 is 0. The summed E-state index contributed by atoms with van der Waals surface area (Å²) in [5.41, 5.74) is 5.74. The summed E-state index contributed by atoms with van der Waals surface area (Å²) in [5, 5.41) is 2.59. The number of nitrogens with one attached hydrogen (secondary N) is 1. The van der Waals surface area contributed by atoms with Gasteiger partial charge < -0.3 is 20.5 Å². The van der Waals surface area contributed by atoms with Gasteiger partial charge in [-0.3, -0.25) is 0 Å². The van der Waals surface area contributed by atoms with Crippen LogP contribution in [0, 0.1) is 0 Å². The Morgan fingerprint density at radius 3 is 2.42 bits per heavy atom. The summed E-state index contributed by atoms with van der Waals surface area (Å²) < 4.78 is 10.5. The smallest absolute Gasteiger partial charge is 0.408 e. The Balaban J connectivity index is 2.55. The highest BCUT2D eigenvalue weighted by Gasteiger charge is 2.26. The van der Waals surface area contributed by atoms with Gasteiger partial charge in [-0.25, -0.2) is 9.59 Å². The molecule has 0 heterocycles. The van der Waals surface area contributed by atoms with Crippen molar-refractivity contribution in [1.29, 1.82) is 0 Å². The first-order valence-electron chi connectivity index (χ1n) is 8.22. The molecule has 134 valence electrons. The van der Waals surface area contributed by atoms with Crippen LogP contribution in [0.1, 0.15) is 45.6 Å². The predicted molar refractivity (Wildman–Crippen MR) is 92.3 cm³/mol. The van der Waals surface area contributed by atoms with E-state index in [0.717, 1.165) is 18.4 Å². The third kappa shape index (κ3) is 8.53.